The van der Waals surface area contributed by atoms with Crippen LogP contribution in [-0.2, 0) is 35.0 Å². The maximum Gasteiger partial charge on any atom is 0.0102 e. The molecule has 1 aromatic heterocycles. The van der Waals surface area contributed by atoms with Crippen molar-refractivity contribution >= 4 is 8.19 Å². The van der Waals surface area contributed by atoms with E-state index in [2.05, 4.69) is 123 Å². The standard InChI is InChI=1S/C23H17P.3CO.W/c1-4-10-18(11-5-1)21-16-22(19-12-6-2-7-13-19)24-23(17-21)20-14-8-3-9-15-20;3*1-2;/h1-17H;;;;. The van der Waals surface area contributed by atoms with Gasteiger partial charge >= 0.3 is 33.9 Å². The second kappa shape index (κ2) is 17.0. The van der Waals surface area contributed by atoms with Crippen LogP contribution in [0.5, 0.6) is 0 Å². The molecule has 0 radical (unpaired) electrons. The molecule has 0 atom stereocenters. The second-order valence-electron chi connectivity index (χ2n) is 5.72. The Bertz CT molecular complexity index is 923. The molecule has 1 heterocycles. The Labute approximate surface area is 198 Å². The largest absolute Gasteiger partial charge is 0.0622 e. The van der Waals surface area contributed by atoms with E-state index in [1.54, 1.807) is 0 Å². The van der Waals surface area contributed by atoms with Gasteiger partial charge < -0.3 is 0 Å². The van der Waals surface area contributed by atoms with Gasteiger partial charge in [-0.2, -0.15) is 0 Å². The predicted octanol–water partition coefficient (Wildman–Crippen LogP) is 7.15. The molecule has 150 valence electrons. The zero-order chi connectivity index (χ0) is 22.2. The van der Waals surface area contributed by atoms with Gasteiger partial charge in [0, 0.05) is 31.7 Å². The maximum atomic E-state index is 7.50. The van der Waals surface area contributed by atoms with Crippen molar-refractivity contribution in [1.82, 2.24) is 0 Å². The summed E-state index contributed by atoms with van der Waals surface area (Å²) >= 11 is 0. The molecule has 0 amide bonds. The van der Waals surface area contributed by atoms with E-state index in [0.29, 0.717) is 0 Å². The molecule has 0 saturated carbocycles. The van der Waals surface area contributed by atoms with E-state index in [0.717, 1.165) is 0 Å². The monoisotopic (exact) mass is 592 g/mol. The smallest absolute Gasteiger partial charge is 0.0102 e. The first kappa shape index (κ1) is 28.2. The molecule has 0 unspecified atom stereocenters. The molecule has 0 aliphatic rings. The van der Waals surface area contributed by atoms with Gasteiger partial charge in [-0.05, 0) is 34.4 Å². The van der Waals surface area contributed by atoms with Gasteiger partial charge in [0.1, 0.15) is 0 Å². The number of hydrogen-bond donors (Lipinski definition) is 0. The summed E-state index contributed by atoms with van der Waals surface area (Å²) in [5, 5.41) is 2.69. The molecule has 4 rings (SSSR count). The fraction of sp³-hybridized carbons (Fsp3) is 0. The molecular weight excluding hydrogens is 575 g/mol. The van der Waals surface area contributed by atoms with E-state index in [1.165, 1.54) is 41.0 Å². The summed E-state index contributed by atoms with van der Waals surface area (Å²) in [5.74, 6) is 0. The van der Waals surface area contributed by atoms with Crippen LogP contribution in [0.3, 0.4) is 0 Å². The van der Waals surface area contributed by atoms with Crippen LogP contribution in [0.15, 0.2) is 103 Å². The molecule has 0 saturated heterocycles. The van der Waals surface area contributed by atoms with Gasteiger partial charge in [0.2, 0.25) is 0 Å². The Morgan fingerprint density at radius 2 is 0.710 bits per heavy atom. The minimum atomic E-state index is 0. The number of rotatable bonds is 3. The summed E-state index contributed by atoms with van der Waals surface area (Å²) in [5.41, 5.74) is 5.10. The molecule has 0 bridgehead atoms. The van der Waals surface area contributed by atoms with Crippen LogP contribution in [0.4, 0.5) is 0 Å². The topological polar surface area (TPSA) is 59.7 Å². The van der Waals surface area contributed by atoms with E-state index in [1.807, 2.05) is 0 Å². The molecule has 0 N–H and O–H groups in total. The first-order valence-corrected chi connectivity index (χ1v) is 9.59. The van der Waals surface area contributed by atoms with E-state index < -0.39 is 0 Å². The van der Waals surface area contributed by atoms with E-state index >= 15 is 0 Å². The van der Waals surface area contributed by atoms with Crippen molar-refractivity contribution in [1.29, 1.82) is 0 Å². The van der Waals surface area contributed by atoms with Crippen LogP contribution >= 0.6 is 8.19 Å². The number of hydrogen-bond acceptors (Lipinski definition) is 0. The molecule has 0 aliphatic carbocycles. The Kier molecular flexibility index (Phi) is 15.4. The zero-order valence-corrected chi connectivity index (χ0v) is 20.2. The summed E-state index contributed by atoms with van der Waals surface area (Å²) in [6.45, 7) is 13.5. The van der Waals surface area contributed by atoms with Crippen molar-refractivity contribution in [2.24, 2.45) is 0 Å². The van der Waals surface area contributed by atoms with E-state index in [4.69, 9.17) is 14.0 Å². The van der Waals surface area contributed by atoms with Gasteiger partial charge in [0.15, 0.2) is 0 Å². The second-order valence-corrected chi connectivity index (χ2v) is 6.91. The summed E-state index contributed by atoms with van der Waals surface area (Å²) in [4.78, 5) is 0. The molecule has 0 spiro atoms. The fourth-order valence-electron chi connectivity index (χ4n) is 2.84. The van der Waals surface area contributed by atoms with Gasteiger partial charge in [-0.25, -0.2) is 0 Å². The summed E-state index contributed by atoms with van der Waals surface area (Å²) < 4.78 is 22.5. The van der Waals surface area contributed by atoms with E-state index in [9.17, 15) is 0 Å². The van der Waals surface area contributed by atoms with E-state index in [-0.39, 0.29) is 21.1 Å². The average Bonchev–Trinajstić information content (AvgIpc) is 2.89. The third kappa shape index (κ3) is 8.47. The normalized spacial score (nSPS) is 8.32. The molecule has 3 nitrogen and oxygen atoms in total. The first-order valence-electron chi connectivity index (χ1n) is 8.70. The van der Waals surface area contributed by atoms with Gasteiger partial charge in [-0.1, -0.05) is 99.2 Å². The Balaban J connectivity index is 0.00000119. The summed E-state index contributed by atoms with van der Waals surface area (Å²) in [6.07, 6.45) is 0. The Morgan fingerprint density at radius 3 is 1.03 bits per heavy atom. The Morgan fingerprint density at radius 1 is 0.419 bits per heavy atom. The van der Waals surface area contributed by atoms with Crippen LogP contribution in [0.2, 0.25) is 0 Å². The van der Waals surface area contributed by atoms with Crippen molar-refractivity contribution in [3.8, 4) is 32.8 Å². The third-order valence-corrected chi connectivity index (χ3v) is 5.33. The van der Waals surface area contributed by atoms with Crippen LogP contribution in [-0.4, -0.2) is 0 Å². The SMILES string of the molecule is [C-]#[O+].[C-]#[O+].[C-]#[O+].[W].c1ccc(-c2cc(-c3ccccc3)pc(-c3ccccc3)c2)cc1. The van der Waals surface area contributed by atoms with Crippen molar-refractivity contribution in [2.45, 2.75) is 0 Å². The fourth-order valence-corrected chi connectivity index (χ4v) is 4.06. The summed E-state index contributed by atoms with van der Waals surface area (Å²) in [6, 6.07) is 36.6. The van der Waals surface area contributed by atoms with Crippen molar-refractivity contribution in [2.75, 3.05) is 0 Å². The molecule has 4 aromatic rings. The molecule has 31 heavy (non-hydrogen) atoms. The van der Waals surface area contributed by atoms with Gasteiger partial charge in [-0.3, -0.25) is 0 Å². The molecule has 0 fully saturated rings. The third-order valence-electron chi connectivity index (χ3n) is 4.07. The zero-order valence-electron chi connectivity index (χ0n) is 16.4. The van der Waals surface area contributed by atoms with Gasteiger partial charge in [0.05, 0.1) is 0 Å². The minimum Gasteiger partial charge on any atom is -0.0622 e. The predicted molar refractivity (Wildman–Crippen MR) is 117 cm³/mol. The maximum absolute atomic E-state index is 7.50. The Hall–Kier alpha value is -2.78. The average molecular weight is 592 g/mol. The molecule has 5 heteroatoms. The molecule has 3 aromatic carbocycles. The van der Waals surface area contributed by atoms with Crippen LogP contribution in [0.25, 0.3) is 32.8 Å². The molecular formula is C26H17O3PW. The van der Waals surface area contributed by atoms with Crippen LogP contribution < -0.4 is 0 Å². The van der Waals surface area contributed by atoms with Gasteiger partial charge in [0.25, 0.3) is 0 Å². The van der Waals surface area contributed by atoms with Crippen molar-refractivity contribution in [3.05, 3.63) is 123 Å². The van der Waals surface area contributed by atoms with Crippen molar-refractivity contribution in [3.63, 3.8) is 0 Å². The quantitative estimate of drug-likeness (QED) is 0.179. The summed E-state index contributed by atoms with van der Waals surface area (Å²) in [7, 11) is 1.25. The van der Waals surface area contributed by atoms with Crippen LogP contribution in [0.1, 0.15) is 0 Å². The van der Waals surface area contributed by atoms with Gasteiger partial charge in [-0.15, -0.1) is 0 Å². The number of benzene rings is 3. The van der Waals surface area contributed by atoms with Crippen LogP contribution in [0, 0.1) is 20.0 Å². The first-order chi connectivity index (χ1) is 14.9. The van der Waals surface area contributed by atoms with Crippen molar-refractivity contribution < 1.29 is 35.0 Å². The minimum absolute atomic E-state index is 0. The molecule has 0 aliphatic heterocycles.